The number of amides is 1. The molecule has 1 amide bonds. The molecule has 0 spiro atoms. The van der Waals surface area contributed by atoms with Gasteiger partial charge in [-0.15, -0.1) is 24.8 Å². The summed E-state index contributed by atoms with van der Waals surface area (Å²) in [6.45, 7) is 3.38. The van der Waals surface area contributed by atoms with Gasteiger partial charge in [0, 0.05) is 19.1 Å². The molecule has 3 rings (SSSR count). The van der Waals surface area contributed by atoms with Gasteiger partial charge in [-0.1, -0.05) is 6.42 Å². The van der Waals surface area contributed by atoms with Crippen molar-refractivity contribution in [3.63, 3.8) is 0 Å². The second-order valence-corrected chi connectivity index (χ2v) is 5.50. The van der Waals surface area contributed by atoms with Crippen molar-refractivity contribution in [2.24, 2.45) is 17.6 Å². The Hall–Kier alpha value is -0.780. The lowest BCUT2D eigenvalue weighted by molar-refractivity contribution is 0.0751. The Morgan fingerprint density at radius 1 is 1.40 bits per heavy atom. The van der Waals surface area contributed by atoms with Gasteiger partial charge in [-0.3, -0.25) is 4.79 Å². The van der Waals surface area contributed by atoms with Crippen LogP contribution in [-0.2, 0) is 0 Å². The zero-order chi connectivity index (χ0) is 12.7. The normalized spacial score (nSPS) is 28.3. The Morgan fingerprint density at radius 2 is 2.15 bits per heavy atom. The fraction of sp³-hybridized carbons (Fsp3) is 0.692. The van der Waals surface area contributed by atoms with E-state index in [1.807, 2.05) is 4.90 Å². The standard InChI is InChI=1S/C13H19N3O2.2ClH/c1-8-12(18-7-15-8)13(17)16-5-9-3-2-4-11(14)10(9)6-16;;/h7,9-11H,2-6,14H2,1H3;2*1H. The first-order valence-corrected chi connectivity index (χ1v) is 6.61. The summed E-state index contributed by atoms with van der Waals surface area (Å²) in [5, 5.41) is 0. The Balaban J connectivity index is 0.000001000. The quantitative estimate of drug-likeness (QED) is 0.859. The van der Waals surface area contributed by atoms with Gasteiger partial charge in [-0.05, 0) is 31.6 Å². The summed E-state index contributed by atoms with van der Waals surface area (Å²) in [5.74, 6) is 1.38. The number of nitrogens with two attached hydrogens (primary N) is 1. The van der Waals surface area contributed by atoms with Crippen molar-refractivity contribution in [2.45, 2.75) is 32.2 Å². The molecule has 2 aliphatic rings. The van der Waals surface area contributed by atoms with E-state index >= 15 is 0 Å². The van der Waals surface area contributed by atoms with Gasteiger partial charge in [0.25, 0.3) is 5.91 Å². The first-order chi connectivity index (χ1) is 8.66. The predicted molar refractivity (Wildman–Crippen MR) is 80.4 cm³/mol. The number of carbonyl (C=O) groups excluding carboxylic acids is 1. The van der Waals surface area contributed by atoms with Crippen LogP contribution < -0.4 is 5.73 Å². The van der Waals surface area contributed by atoms with Crippen molar-refractivity contribution in [1.82, 2.24) is 9.88 Å². The summed E-state index contributed by atoms with van der Waals surface area (Å²) in [5.41, 5.74) is 6.82. The summed E-state index contributed by atoms with van der Waals surface area (Å²) in [4.78, 5) is 18.2. The largest absolute Gasteiger partial charge is 0.438 e. The second kappa shape index (κ2) is 6.78. The Labute approximate surface area is 131 Å². The maximum atomic E-state index is 12.3. The van der Waals surface area contributed by atoms with Gasteiger partial charge < -0.3 is 15.1 Å². The number of aromatic nitrogens is 1. The number of halogens is 2. The zero-order valence-corrected chi connectivity index (χ0v) is 13.1. The minimum absolute atomic E-state index is 0. The number of hydrogen-bond acceptors (Lipinski definition) is 4. The van der Waals surface area contributed by atoms with E-state index < -0.39 is 0 Å². The van der Waals surface area contributed by atoms with Crippen molar-refractivity contribution in [2.75, 3.05) is 13.1 Å². The van der Waals surface area contributed by atoms with Gasteiger partial charge in [0.2, 0.25) is 5.76 Å². The van der Waals surface area contributed by atoms with Crippen LogP contribution in [0.3, 0.4) is 0 Å². The van der Waals surface area contributed by atoms with Crippen molar-refractivity contribution in [1.29, 1.82) is 0 Å². The van der Waals surface area contributed by atoms with Crippen LogP contribution in [0.4, 0.5) is 0 Å². The molecule has 1 aromatic rings. The average molecular weight is 322 g/mol. The van der Waals surface area contributed by atoms with Gasteiger partial charge in [0.05, 0.1) is 5.69 Å². The SMILES string of the molecule is Cc1ncoc1C(=O)N1CC2CCCC(N)C2C1.Cl.Cl. The Morgan fingerprint density at radius 3 is 2.75 bits per heavy atom. The number of hydrogen-bond donors (Lipinski definition) is 1. The molecule has 1 aromatic heterocycles. The van der Waals surface area contributed by atoms with E-state index in [4.69, 9.17) is 10.2 Å². The van der Waals surface area contributed by atoms with Gasteiger partial charge >= 0.3 is 0 Å². The molecule has 1 aliphatic heterocycles. The fourth-order valence-corrected chi connectivity index (χ4v) is 3.33. The highest BCUT2D eigenvalue weighted by Crippen LogP contribution is 2.36. The summed E-state index contributed by atoms with van der Waals surface area (Å²) >= 11 is 0. The summed E-state index contributed by atoms with van der Waals surface area (Å²) < 4.78 is 5.19. The number of nitrogens with zero attached hydrogens (tertiary/aromatic N) is 2. The number of fused-ring (bicyclic) bond motifs is 1. The summed E-state index contributed by atoms with van der Waals surface area (Å²) in [6.07, 6.45) is 4.80. The van der Waals surface area contributed by atoms with E-state index in [1.165, 1.54) is 19.2 Å². The van der Waals surface area contributed by atoms with Crippen molar-refractivity contribution < 1.29 is 9.21 Å². The molecule has 2 fully saturated rings. The third-order valence-corrected chi connectivity index (χ3v) is 4.38. The average Bonchev–Trinajstić information content (AvgIpc) is 2.95. The Bertz CT molecular complexity index is 466. The molecule has 1 saturated carbocycles. The molecular formula is C13H21Cl2N3O2. The predicted octanol–water partition coefficient (Wildman–Crippen LogP) is 2.03. The molecule has 2 N–H and O–H groups in total. The highest BCUT2D eigenvalue weighted by molar-refractivity contribution is 5.92. The maximum Gasteiger partial charge on any atom is 0.291 e. The van der Waals surface area contributed by atoms with Crippen LogP contribution in [0.15, 0.2) is 10.8 Å². The molecule has 0 radical (unpaired) electrons. The molecule has 7 heteroatoms. The number of aryl methyl sites for hydroxylation is 1. The van der Waals surface area contributed by atoms with Crippen LogP contribution in [0.25, 0.3) is 0 Å². The lowest BCUT2D eigenvalue weighted by atomic mass is 9.78. The molecule has 0 bridgehead atoms. The van der Waals surface area contributed by atoms with Crippen LogP contribution in [0.1, 0.15) is 35.5 Å². The lowest BCUT2D eigenvalue weighted by Gasteiger charge is -2.29. The van der Waals surface area contributed by atoms with E-state index in [2.05, 4.69) is 4.98 Å². The van der Waals surface area contributed by atoms with E-state index in [1.54, 1.807) is 6.92 Å². The number of rotatable bonds is 1. The van der Waals surface area contributed by atoms with Gasteiger partial charge in [0.1, 0.15) is 0 Å². The molecule has 1 saturated heterocycles. The topological polar surface area (TPSA) is 72.4 Å². The zero-order valence-electron chi connectivity index (χ0n) is 11.4. The first-order valence-electron chi connectivity index (χ1n) is 6.61. The van der Waals surface area contributed by atoms with Crippen LogP contribution in [0, 0.1) is 18.8 Å². The van der Waals surface area contributed by atoms with Crippen LogP contribution in [-0.4, -0.2) is 34.9 Å². The van der Waals surface area contributed by atoms with E-state index in [-0.39, 0.29) is 36.8 Å². The smallest absolute Gasteiger partial charge is 0.291 e. The minimum atomic E-state index is -0.0356. The maximum absolute atomic E-state index is 12.3. The van der Waals surface area contributed by atoms with Crippen LogP contribution in [0.5, 0.6) is 0 Å². The minimum Gasteiger partial charge on any atom is -0.438 e. The highest BCUT2D eigenvalue weighted by Gasteiger charge is 2.41. The Kier molecular flexibility index (Phi) is 5.86. The molecule has 5 nitrogen and oxygen atoms in total. The van der Waals surface area contributed by atoms with Crippen LogP contribution in [0.2, 0.25) is 0 Å². The lowest BCUT2D eigenvalue weighted by Crippen LogP contribution is -2.38. The molecule has 3 atom stereocenters. The molecule has 3 unspecified atom stereocenters. The third kappa shape index (κ3) is 2.95. The third-order valence-electron chi connectivity index (χ3n) is 4.38. The van der Waals surface area contributed by atoms with Gasteiger partial charge in [-0.25, -0.2) is 4.98 Å². The highest BCUT2D eigenvalue weighted by atomic mass is 35.5. The summed E-state index contributed by atoms with van der Waals surface area (Å²) in [6, 6.07) is 0.248. The van der Waals surface area contributed by atoms with E-state index in [9.17, 15) is 4.79 Å². The van der Waals surface area contributed by atoms with E-state index in [0.29, 0.717) is 23.3 Å². The second-order valence-electron chi connectivity index (χ2n) is 5.50. The molecule has 20 heavy (non-hydrogen) atoms. The van der Waals surface area contributed by atoms with Gasteiger partial charge in [-0.2, -0.15) is 0 Å². The number of carbonyl (C=O) groups is 1. The molecule has 114 valence electrons. The monoisotopic (exact) mass is 321 g/mol. The summed E-state index contributed by atoms with van der Waals surface area (Å²) in [7, 11) is 0. The molecule has 1 aliphatic carbocycles. The van der Waals surface area contributed by atoms with Gasteiger partial charge in [0.15, 0.2) is 6.39 Å². The van der Waals surface area contributed by atoms with Crippen molar-refractivity contribution >= 4 is 30.7 Å². The van der Waals surface area contributed by atoms with Crippen molar-refractivity contribution in [3.8, 4) is 0 Å². The van der Waals surface area contributed by atoms with Crippen LogP contribution >= 0.6 is 24.8 Å². The molecule has 2 heterocycles. The number of oxazole rings is 1. The molecule has 0 aromatic carbocycles. The van der Waals surface area contributed by atoms with Crippen molar-refractivity contribution in [3.05, 3.63) is 17.8 Å². The molecular weight excluding hydrogens is 301 g/mol. The first kappa shape index (κ1) is 17.3. The van der Waals surface area contributed by atoms with E-state index in [0.717, 1.165) is 19.5 Å². The number of likely N-dealkylation sites (tertiary alicyclic amines) is 1. The fourth-order valence-electron chi connectivity index (χ4n) is 3.33.